The third kappa shape index (κ3) is 2.25. The van der Waals surface area contributed by atoms with Gasteiger partial charge in [0.2, 0.25) is 5.56 Å². The Morgan fingerprint density at radius 1 is 0.840 bits per heavy atom. The molecule has 0 saturated carbocycles. The van der Waals surface area contributed by atoms with E-state index in [0.717, 1.165) is 38.9 Å². The highest BCUT2D eigenvalue weighted by Crippen LogP contribution is 2.30. The van der Waals surface area contributed by atoms with Gasteiger partial charge in [0, 0.05) is 28.6 Å². The van der Waals surface area contributed by atoms with Gasteiger partial charge in [-0.05, 0) is 41.5 Å². The van der Waals surface area contributed by atoms with Crippen molar-refractivity contribution < 1.29 is 0 Å². The van der Waals surface area contributed by atoms with Gasteiger partial charge < -0.3 is 9.97 Å². The summed E-state index contributed by atoms with van der Waals surface area (Å²) in [5, 5.41) is 9.83. The summed E-state index contributed by atoms with van der Waals surface area (Å²) in [6.07, 6.45) is 1.72. The Bertz CT molecular complexity index is 1220. The smallest absolute Gasteiger partial charge is 0.247 e. The van der Waals surface area contributed by atoms with Gasteiger partial charge in [-0.3, -0.25) is 9.89 Å². The number of rotatable bonds is 2. The summed E-state index contributed by atoms with van der Waals surface area (Å²) in [5.74, 6) is 0. The first kappa shape index (κ1) is 13.8. The molecule has 0 aliphatic heterocycles. The zero-order valence-electron chi connectivity index (χ0n) is 13.2. The monoisotopic (exact) mass is 326 g/mol. The third-order valence-electron chi connectivity index (χ3n) is 4.47. The van der Waals surface area contributed by atoms with Crippen LogP contribution in [-0.4, -0.2) is 20.2 Å². The molecule has 2 aromatic carbocycles. The molecule has 0 amide bonds. The lowest BCUT2D eigenvalue weighted by Gasteiger charge is -2.01. The summed E-state index contributed by atoms with van der Waals surface area (Å²) in [6.45, 7) is 0. The number of hydrogen-bond donors (Lipinski definition) is 3. The van der Waals surface area contributed by atoms with E-state index in [-0.39, 0.29) is 5.56 Å². The SMILES string of the molecule is O=c1ccc(-c2ccc3c(-c4cc5ccccc5[nH]4)n[nH]c3c2)c[nH]1. The van der Waals surface area contributed by atoms with Crippen molar-refractivity contribution in [3.63, 3.8) is 0 Å². The first-order valence-electron chi connectivity index (χ1n) is 8.03. The Labute approximate surface area is 142 Å². The molecule has 0 unspecified atom stereocenters. The van der Waals surface area contributed by atoms with Crippen molar-refractivity contribution in [1.82, 2.24) is 20.2 Å². The van der Waals surface area contributed by atoms with Crippen LogP contribution in [0.2, 0.25) is 0 Å². The van der Waals surface area contributed by atoms with Crippen LogP contribution in [-0.2, 0) is 0 Å². The Hall–Kier alpha value is -3.60. The van der Waals surface area contributed by atoms with Crippen LogP contribution in [0, 0.1) is 0 Å². The average Bonchev–Trinajstić information content (AvgIpc) is 3.25. The Morgan fingerprint density at radius 3 is 2.56 bits per heavy atom. The van der Waals surface area contributed by atoms with E-state index in [1.807, 2.05) is 30.3 Å². The number of benzene rings is 2. The van der Waals surface area contributed by atoms with Gasteiger partial charge in [-0.15, -0.1) is 0 Å². The van der Waals surface area contributed by atoms with Crippen LogP contribution in [0.25, 0.3) is 44.3 Å². The summed E-state index contributed by atoms with van der Waals surface area (Å²) >= 11 is 0. The molecule has 120 valence electrons. The summed E-state index contributed by atoms with van der Waals surface area (Å²) in [5.41, 5.74) is 5.82. The van der Waals surface area contributed by atoms with Gasteiger partial charge in [0.15, 0.2) is 0 Å². The Kier molecular flexibility index (Phi) is 2.87. The van der Waals surface area contributed by atoms with E-state index in [4.69, 9.17) is 0 Å². The number of pyridine rings is 1. The van der Waals surface area contributed by atoms with Crippen molar-refractivity contribution >= 4 is 21.8 Å². The molecule has 0 bridgehead atoms. The number of nitrogens with zero attached hydrogens (tertiary/aromatic N) is 1. The van der Waals surface area contributed by atoms with Gasteiger partial charge in [-0.1, -0.05) is 24.3 Å². The molecule has 5 aromatic rings. The van der Waals surface area contributed by atoms with E-state index in [1.165, 1.54) is 11.5 Å². The fraction of sp³-hybridized carbons (Fsp3) is 0. The van der Waals surface area contributed by atoms with Gasteiger partial charge in [0.1, 0.15) is 5.69 Å². The molecule has 5 nitrogen and oxygen atoms in total. The maximum Gasteiger partial charge on any atom is 0.247 e. The van der Waals surface area contributed by atoms with Gasteiger partial charge in [0.05, 0.1) is 11.2 Å². The molecule has 0 atom stereocenters. The quantitative estimate of drug-likeness (QED) is 0.457. The maximum atomic E-state index is 11.2. The number of aromatic amines is 3. The van der Waals surface area contributed by atoms with Gasteiger partial charge in [-0.2, -0.15) is 5.10 Å². The van der Waals surface area contributed by atoms with E-state index in [9.17, 15) is 4.79 Å². The van der Waals surface area contributed by atoms with Crippen molar-refractivity contribution in [1.29, 1.82) is 0 Å². The van der Waals surface area contributed by atoms with E-state index in [2.05, 4.69) is 44.4 Å². The van der Waals surface area contributed by atoms with Crippen molar-refractivity contribution in [2.24, 2.45) is 0 Å². The highest BCUT2D eigenvalue weighted by Gasteiger charge is 2.11. The van der Waals surface area contributed by atoms with Crippen LogP contribution in [0.4, 0.5) is 0 Å². The predicted octanol–water partition coefficient (Wildman–Crippen LogP) is 4.07. The van der Waals surface area contributed by atoms with Crippen molar-refractivity contribution in [3.05, 3.63) is 77.2 Å². The van der Waals surface area contributed by atoms with Gasteiger partial charge in [-0.25, -0.2) is 0 Å². The van der Waals surface area contributed by atoms with Crippen LogP contribution < -0.4 is 5.56 Å². The number of hydrogen-bond acceptors (Lipinski definition) is 2. The van der Waals surface area contributed by atoms with Crippen LogP contribution in [0.5, 0.6) is 0 Å². The Balaban J connectivity index is 1.63. The normalized spacial score (nSPS) is 11.4. The number of para-hydroxylation sites is 1. The highest BCUT2D eigenvalue weighted by molar-refractivity contribution is 5.97. The van der Waals surface area contributed by atoms with Crippen molar-refractivity contribution in [2.45, 2.75) is 0 Å². The van der Waals surface area contributed by atoms with Gasteiger partial charge >= 0.3 is 0 Å². The molecule has 3 N–H and O–H groups in total. The molecule has 0 radical (unpaired) electrons. The summed E-state index contributed by atoms with van der Waals surface area (Å²) in [4.78, 5) is 17.4. The molecule has 0 saturated heterocycles. The molecule has 0 aliphatic carbocycles. The molecule has 0 aliphatic rings. The van der Waals surface area contributed by atoms with Crippen LogP contribution in [0.3, 0.4) is 0 Å². The number of nitrogens with one attached hydrogen (secondary N) is 3. The lowest BCUT2D eigenvalue weighted by Crippen LogP contribution is -2.01. The second-order valence-electron chi connectivity index (χ2n) is 6.04. The van der Waals surface area contributed by atoms with Crippen molar-refractivity contribution in [2.75, 3.05) is 0 Å². The number of H-pyrrole nitrogens is 3. The molecule has 3 heterocycles. The summed E-state index contributed by atoms with van der Waals surface area (Å²) in [7, 11) is 0. The standard InChI is InChI=1S/C20H14N4O/c25-19-8-6-14(11-21-19)12-5-7-15-17(9-12)23-24-20(15)18-10-13-3-1-2-4-16(13)22-18/h1-11,22H,(H,21,25)(H,23,24). The van der Waals surface area contributed by atoms with Crippen LogP contribution >= 0.6 is 0 Å². The molecule has 3 aromatic heterocycles. The largest absolute Gasteiger partial charge is 0.353 e. The Morgan fingerprint density at radius 2 is 1.72 bits per heavy atom. The number of fused-ring (bicyclic) bond motifs is 2. The fourth-order valence-corrected chi connectivity index (χ4v) is 3.20. The van der Waals surface area contributed by atoms with E-state index in [0.29, 0.717) is 0 Å². The molecule has 0 fully saturated rings. The van der Waals surface area contributed by atoms with E-state index in [1.54, 1.807) is 6.20 Å². The molecule has 0 spiro atoms. The fourth-order valence-electron chi connectivity index (χ4n) is 3.20. The number of aromatic nitrogens is 4. The zero-order chi connectivity index (χ0) is 16.8. The summed E-state index contributed by atoms with van der Waals surface area (Å²) in [6, 6.07) is 19.8. The van der Waals surface area contributed by atoms with Crippen LogP contribution in [0.15, 0.2) is 71.7 Å². The first-order valence-corrected chi connectivity index (χ1v) is 8.03. The van der Waals surface area contributed by atoms with E-state index < -0.39 is 0 Å². The summed E-state index contributed by atoms with van der Waals surface area (Å²) < 4.78 is 0. The zero-order valence-corrected chi connectivity index (χ0v) is 13.2. The first-order chi connectivity index (χ1) is 12.3. The minimum absolute atomic E-state index is 0.104. The third-order valence-corrected chi connectivity index (χ3v) is 4.47. The molecular weight excluding hydrogens is 312 g/mol. The van der Waals surface area contributed by atoms with Crippen molar-refractivity contribution in [3.8, 4) is 22.5 Å². The molecule has 5 heteroatoms. The molecule has 5 rings (SSSR count). The average molecular weight is 326 g/mol. The minimum Gasteiger partial charge on any atom is -0.353 e. The highest BCUT2D eigenvalue weighted by atomic mass is 16.1. The lowest BCUT2D eigenvalue weighted by molar-refractivity contribution is 1.12. The second kappa shape index (κ2) is 5.21. The maximum absolute atomic E-state index is 11.2. The van der Waals surface area contributed by atoms with E-state index >= 15 is 0 Å². The second-order valence-corrected chi connectivity index (χ2v) is 6.04. The molecule has 25 heavy (non-hydrogen) atoms. The van der Waals surface area contributed by atoms with Gasteiger partial charge in [0.25, 0.3) is 0 Å². The predicted molar refractivity (Wildman–Crippen MR) is 99.4 cm³/mol. The minimum atomic E-state index is -0.104. The topological polar surface area (TPSA) is 77.3 Å². The lowest BCUT2D eigenvalue weighted by atomic mass is 10.0. The van der Waals surface area contributed by atoms with Crippen LogP contribution in [0.1, 0.15) is 0 Å². The molecular formula is C20H14N4O.